The highest BCUT2D eigenvalue weighted by molar-refractivity contribution is 7.90. The van der Waals surface area contributed by atoms with E-state index in [0.717, 1.165) is 18.4 Å². The molecular formula is C10H10ClF3O3S. The molecule has 3 nitrogen and oxygen atoms in total. The average Bonchev–Trinajstić information content (AvgIpc) is 2.13. The molecule has 18 heavy (non-hydrogen) atoms. The first kappa shape index (κ1) is 15.3. The number of aliphatic hydroxyl groups is 1. The van der Waals surface area contributed by atoms with Crippen molar-refractivity contribution in [3.05, 3.63) is 34.3 Å². The number of aliphatic hydroxyl groups excluding tert-OH is 1. The van der Waals surface area contributed by atoms with E-state index < -0.39 is 33.4 Å². The molecule has 0 aliphatic heterocycles. The highest BCUT2D eigenvalue weighted by Gasteiger charge is 2.31. The maximum absolute atomic E-state index is 12.5. The van der Waals surface area contributed by atoms with Gasteiger partial charge in [0.25, 0.3) is 0 Å². The molecule has 0 aromatic heterocycles. The third-order valence-electron chi connectivity index (χ3n) is 2.14. The van der Waals surface area contributed by atoms with E-state index >= 15 is 0 Å². The molecule has 1 aromatic carbocycles. The zero-order chi connectivity index (χ0) is 14.1. The maximum Gasteiger partial charge on any atom is 0.416 e. The van der Waals surface area contributed by atoms with E-state index in [1.54, 1.807) is 0 Å². The van der Waals surface area contributed by atoms with Crippen LogP contribution in [0.2, 0.25) is 5.02 Å². The van der Waals surface area contributed by atoms with E-state index in [1.807, 2.05) is 0 Å². The van der Waals surface area contributed by atoms with E-state index in [-0.39, 0.29) is 10.6 Å². The van der Waals surface area contributed by atoms with E-state index in [1.165, 1.54) is 0 Å². The van der Waals surface area contributed by atoms with Gasteiger partial charge < -0.3 is 5.11 Å². The average molecular weight is 303 g/mol. The summed E-state index contributed by atoms with van der Waals surface area (Å²) in [5, 5.41) is 9.48. The zero-order valence-corrected chi connectivity index (χ0v) is 10.8. The summed E-state index contributed by atoms with van der Waals surface area (Å²) in [6.45, 7) is 0. The molecule has 8 heteroatoms. The van der Waals surface area contributed by atoms with Gasteiger partial charge in [-0.1, -0.05) is 11.6 Å². The van der Waals surface area contributed by atoms with Gasteiger partial charge in [-0.05, 0) is 18.2 Å². The lowest BCUT2D eigenvalue weighted by atomic mass is 10.1. The lowest BCUT2D eigenvalue weighted by molar-refractivity contribution is -0.137. The molecule has 1 aromatic rings. The van der Waals surface area contributed by atoms with Crippen molar-refractivity contribution in [2.24, 2.45) is 0 Å². The lowest BCUT2D eigenvalue weighted by Gasteiger charge is -2.14. The maximum atomic E-state index is 12.5. The predicted molar refractivity (Wildman–Crippen MR) is 61.1 cm³/mol. The number of sulfone groups is 1. The van der Waals surface area contributed by atoms with E-state index in [2.05, 4.69) is 0 Å². The van der Waals surface area contributed by atoms with Crippen LogP contribution in [0.25, 0.3) is 0 Å². The van der Waals surface area contributed by atoms with Gasteiger partial charge in [0.15, 0.2) is 0 Å². The van der Waals surface area contributed by atoms with Gasteiger partial charge in [-0.25, -0.2) is 8.42 Å². The molecule has 102 valence electrons. The smallest absolute Gasteiger partial charge is 0.387 e. The second kappa shape index (κ2) is 5.07. The van der Waals surface area contributed by atoms with E-state index in [4.69, 9.17) is 11.6 Å². The highest BCUT2D eigenvalue weighted by atomic mass is 35.5. The van der Waals surface area contributed by atoms with Crippen LogP contribution in [-0.2, 0) is 16.0 Å². The van der Waals surface area contributed by atoms with Gasteiger partial charge in [0, 0.05) is 16.8 Å². The standard InChI is InChI=1S/C10H10ClF3O3S/c1-18(16,17)5-9(15)7-4-6(10(12,13)14)2-3-8(7)11/h2-4,9,15H,5H2,1H3. The summed E-state index contributed by atoms with van der Waals surface area (Å²) >= 11 is 5.65. The SMILES string of the molecule is CS(=O)(=O)CC(O)c1cc(C(F)(F)F)ccc1Cl. The van der Waals surface area contributed by atoms with Crippen LogP contribution in [-0.4, -0.2) is 25.5 Å². The van der Waals surface area contributed by atoms with Crippen molar-refractivity contribution in [2.45, 2.75) is 12.3 Å². The fourth-order valence-electron chi connectivity index (χ4n) is 1.35. The molecular weight excluding hydrogens is 293 g/mol. The first-order valence-electron chi connectivity index (χ1n) is 4.73. The summed E-state index contributed by atoms with van der Waals surface area (Å²) in [4.78, 5) is 0. The van der Waals surface area contributed by atoms with Crippen molar-refractivity contribution in [2.75, 3.05) is 12.0 Å². The molecule has 0 saturated heterocycles. The number of hydrogen-bond acceptors (Lipinski definition) is 3. The Morgan fingerprint density at radius 3 is 2.39 bits per heavy atom. The van der Waals surface area contributed by atoms with Gasteiger partial charge >= 0.3 is 6.18 Å². The molecule has 0 aliphatic rings. The van der Waals surface area contributed by atoms with Gasteiger partial charge in [0.2, 0.25) is 0 Å². The second-order valence-electron chi connectivity index (χ2n) is 3.84. The normalized spacial score (nSPS) is 14.6. The predicted octanol–water partition coefficient (Wildman–Crippen LogP) is 2.44. The van der Waals surface area contributed by atoms with Crippen molar-refractivity contribution < 1.29 is 26.7 Å². The summed E-state index contributed by atoms with van der Waals surface area (Å²) < 4.78 is 59.3. The Kier molecular flexibility index (Phi) is 4.30. The second-order valence-corrected chi connectivity index (χ2v) is 6.43. The summed E-state index contributed by atoms with van der Waals surface area (Å²) in [6.07, 6.45) is -5.29. The van der Waals surface area contributed by atoms with E-state index in [9.17, 15) is 26.7 Å². The topological polar surface area (TPSA) is 54.4 Å². The Morgan fingerprint density at radius 2 is 1.94 bits per heavy atom. The van der Waals surface area contributed by atoms with Crippen LogP contribution in [0.1, 0.15) is 17.2 Å². The van der Waals surface area contributed by atoms with Crippen LogP contribution < -0.4 is 0 Å². The Hall–Kier alpha value is -0.790. The summed E-state index contributed by atoms with van der Waals surface area (Å²) in [6, 6.07) is 2.39. The summed E-state index contributed by atoms with van der Waals surface area (Å²) in [5.74, 6) is -0.686. The number of benzene rings is 1. The molecule has 1 rings (SSSR count). The molecule has 0 bridgehead atoms. The molecule has 0 saturated carbocycles. The first-order chi connectivity index (χ1) is 8.00. The van der Waals surface area contributed by atoms with Crippen molar-refractivity contribution in [1.82, 2.24) is 0 Å². The number of hydrogen-bond donors (Lipinski definition) is 1. The van der Waals surface area contributed by atoms with Crippen LogP contribution in [0, 0.1) is 0 Å². The van der Waals surface area contributed by atoms with Crippen LogP contribution in [0.4, 0.5) is 13.2 Å². The van der Waals surface area contributed by atoms with E-state index in [0.29, 0.717) is 6.07 Å². The van der Waals surface area contributed by atoms with Crippen LogP contribution in [0.3, 0.4) is 0 Å². The van der Waals surface area contributed by atoms with Crippen LogP contribution >= 0.6 is 11.6 Å². The molecule has 0 radical (unpaired) electrons. The van der Waals surface area contributed by atoms with Crippen molar-refractivity contribution >= 4 is 21.4 Å². The molecule has 1 atom stereocenters. The monoisotopic (exact) mass is 302 g/mol. The molecule has 0 aliphatic carbocycles. The molecule has 0 heterocycles. The van der Waals surface area contributed by atoms with Gasteiger partial charge in [-0.3, -0.25) is 0 Å². The van der Waals surface area contributed by atoms with Crippen LogP contribution in [0.15, 0.2) is 18.2 Å². The first-order valence-corrected chi connectivity index (χ1v) is 7.17. The fourth-order valence-corrected chi connectivity index (χ4v) is 2.35. The fraction of sp³-hybridized carbons (Fsp3) is 0.400. The lowest BCUT2D eigenvalue weighted by Crippen LogP contribution is -2.14. The highest BCUT2D eigenvalue weighted by Crippen LogP contribution is 2.34. The molecule has 1 unspecified atom stereocenters. The van der Waals surface area contributed by atoms with Gasteiger partial charge in [0.05, 0.1) is 17.4 Å². The van der Waals surface area contributed by atoms with Gasteiger partial charge in [-0.2, -0.15) is 13.2 Å². The van der Waals surface area contributed by atoms with Gasteiger partial charge in [0.1, 0.15) is 9.84 Å². The Balaban J connectivity index is 3.16. The minimum absolute atomic E-state index is 0.112. The van der Waals surface area contributed by atoms with Gasteiger partial charge in [-0.15, -0.1) is 0 Å². The molecule has 1 N–H and O–H groups in total. The third-order valence-corrected chi connectivity index (χ3v) is 3.41. The third kappa shape index (κ3) is 4.15. The molecule has 0 fully saturated rings. The molecule has 0 spiro atoms. The minimum Gasteiger partial charge on any atom is -0.387 e. The summed E-state index contributed by atoms with van der Waals surface area (Å²) in [5.41, 5.74) is -1.24. The zero-order valence-electron chi connectivity index (χ0n) is 9.20. The van der Waals surface area contributed by atoms with Crippen molar-refractivity contribution in [3.8, 4) is 0 Å². The largest absolute Gasteiger partial charge is 0.416 e. The van der Waals surface area contributed by atoms with Crippen LogP contribution in [0.5, 0.6) is 0 Å². The van der Waals surface area contributed by atoms with Crippen molar-refractivity contribution in [1.29, 1.82) is 0 Å². The van der Waals surface area contributed by atoms with Crippen molar-refractivity contribution in [3.63, 3.8) is 0 Å². The Labute approximate surface area is 107 Å². The Bertz CT molecular complexity index is 540. The minimum atomic E-state index is -4.58. The number of rotatable bonds is 3. The quantitative estimate of drug-likeness (QED) is 0.933. The molecule has 0 amide bonds. The summed E-state index contributed by atoms with van der Waals surface area (Å²) in [7, 11) is -3.53. The number of alkyl halides is 3. The number of halogens is 4. The Morgan fingerprint density at radius 1 is 1.39 bits per heavy atom.